The lowest BCUT2D eigenvalue weighted by atomic mass is 10.1. The van der Waals surface area contributed by atoms with Crippen molar-refractivity contribution < 1.29 is 9.59 Å². The van der Waals surface area contributed by atoms with E-state index in [1.807, 2.05) is 25.3 Å². The van der Waals surface area contributed by atoms with Gasteiger partial charge < -0.3 is 9.80 Å². The molecule has 7 heteroatoms. The number of halogens is 1. The number of benzene rings is 1. The van der Waals surface area contributed by atoms with Crippen LogP contribution in [0.3, 0.4) is 0 Å². The van der Waals surface area contributed by atoms with Crippen molar-refractivity contribution in [3.05, 3.63) is 47.2 Å². The van der Waals surface area contributed by atoms with E-state index in [0.29, 0.717) is 18.0 Å². The first-order valence-electron chi connectivity index (χ1n) is 8.37. The van der Waals surface area contributed by atoms with Crippen LogP contribution >= 0.6 is 11.6 Å². The highest BCUT2D eigenvalue weighted by molar-refractivity contribution is 6.30. The van der Waals surface area contributed by atoms with Crippen LogP contribution in [0.2, 0.25) is 5.02 Å². The summed E-state index contributed by atoms with van der Waals surface area (Å²) in [7, 11) is 0. The maximum Gasteiger partial charge on any atom is 0.246 e. The van der Waals surface area contributed by atoms with Crippen LogP contribution in [-0.4, -0.2) is 46.0 Å². The van der Waals surface area contributed by atoms with Crippen LogP contribution in [0.25, 0.3) is 0 Å². The maximum atomic E-state index is 12.5. The Bertz CT molecular complexity index is 747. The quantitative estimate of drug-likeness (QED) is 0.891. The van der Waals surface area contributed by atoms with E-state index in [2.05, 4.69) is 10.2 Å². The number of carbonyl (C=O) groups excluding carboxylic acids is 2. The van der Waals surface area contributed by atoms with Crippen molar-refractivity contribution in [2.24, 2.45) is 0 Å². The standard InChI is InChI=1S/C18H21ClN4O2/c1-13-11-23(16-6-3-5-15(19)8-16)18(25)12-22(13)17(24)7-2-4-14-9-20-21-10-14/h3,5-6,8-10,13H,2,4,7,11-12H2,1H3,(H,20,21). The van der Waals surface area contributed by atoms with E-state index < -0.39 is 0 Å². The highest BCUT2D eigenvalue weighted by atomic mass is 35.5. The van der Waals surface area contributed by atoms with Gasteiger partial charge in [0, 0.05) is 35.9 Å². The zero-order valence-corrected chi connectivity index (χ0v) is 14.9. The number of hydrogen-bond acceptors (Lipinski definition) is 3. The summed E-state index contributed by atoms with van der Waals surface area (Å²) in [4.78, 5) is 28.4. The molecule has 1 unspecified atom stereocenters. The number of aromatic amines is 1. The Morgan fingerprint density at radius 2 is 2.28 bits per heavy atom. The number of amides is 2. The SMILES string of the molecule is CC1CN(c2cccc(Cl)c2)C(=O)CN1C(=O)CCCc1cn[nH]c1. The summed E-state index contributed by atoms with van der Waals surface area (Å²) >= 11 is 6.02. The van der Waals surface area contributed by atoms with E-state index in [1.165, 1.54) is 0 Å². The van der Waals surface area contributed by atoms with Crippen molar-refractivity contribution in [2.75, 3.05) is 18.0 Å². The van der Waals surface area contributed by atoms with Gasteiger partial charge in [-0.2, -0.15) is 5.10 Å². The molecule has 0 spiro atoms. The second-order valence-corrected chi connectivity index (χ2v) is 6.75. The Hall–Kier alpha value is -2.34. The molecule has 1 aliphatic heterocycles. The summed E-state index contributed by atoms with van der Waals surface area (Å²) in [5.41, 5.74) is 1.86. The molecule has 0 saturated carbocycles. The molecule has 3 rings (SSSR count). The zero-order chi connectivity index (χ0) is 17.8. The summed E-state index contributed by atoms with van der Waals surface area (Å²) in [5, 5.41) is 7.25. The molecule has 2 amide bonds. The molecule has 25 heavy (non-hydrogen) atoms. The van der Waals surface area contributed by atoms with E-state index in [-0.39, 0.29) is 24.4 Å². The smallest absolute Gasteiger partial charge is 0.246 e. The number of aromatic nitrogens is 2. The average molecular weight is 361 g/mol. The van der Waals surface area contributed by atoms with E-state index in [9.17, 15) is 9.59 Å². The minimum atomic E-state index is -0.0800. The third-order valence-electron chi connectivity index (χ3n) is 4.44. The lowest BCUT2D eigenvalue weighted by molar-refractivity contribution is -0.139. The fraction of sp³-hybridized carbons (Fsp3) is 0.389. The van der Waals surface area contributed by atoms with Crippen LogP contribution in [0.4, 0.5) is 5.69 Å². The minimum absolute atomic E-state index is 0.0232. The highest BCUT2D eigenvalue weighted by Gasteiger charge is 2.32. The van der Waals surface area contributed by atoms with Gasteiger partial charge in [0.25, 0.3) is 0 Å². The molecule has 0 bridgehead atoms. The van der Waals surface area contributed by atoms with Crippen molar-refractivity contribution in [1.82, 2.24) is 15.1 Å². The monoisotopic (exact) mass is 360 g/mol. The number of carbonyl (C=O) groups is 2. The first kappa shape index (κ1) is 17.5. The van der Waals surface area contributed by atoms with E-state index in [4.69, 9.17) is 11.6 Å². The summed E-state index contributed by atoms with van der Waals surface area (Å²) in [6.45, 7) is 2.56. The molecular weight excluding hydrogens is 340 g/mol. The van der Waals surface area contributed by atoms with Crippen molar-refractivity contribution in [2.45, 2.75) is 32.2 Å². The second kappa shape index (κ2) is 7.70. The minimum Gasteiger partial charge on any atom is -0.329 e. The number of H-pyrrole nitrogens is 1. The van der Waals surface area contributed by atoms with Gasteiger partial charge in [-0.05, 0) is 43.5 Å². The fourth-order valence-electron chi connectivity index (χ4n) is 3.08. The van der Waals surface area contributed by atoms with E-state index in [1.54, 1.807) is 28.1 Å². The van der Waals surface area contributed by atoms with Gasteiger partial charge in [-0.15, -0.1) is 0 Å². The van der Waals surface area contributed by atoms with Gasteiger partial charge in [0.05, 0.1) is 6.20 Å². The fourth-order valence-corrected chi connectivity index (χ4v) is 3.27. The van der Waals surface area contributed by atoms with Crippen LogP contribution in [0, 0.1) is 0 Å². The van der Waals surface area contributed by atoms with Crippen LogP contribution in [0.15, 0.2) is 36.7 Å². The van der Waals surface area contributed by atoms with Crippen molar-refractivity contribution >= 4 is 29.1 Å². The summed E-state index contributed by atoms with van der Waals surface area (Å²) in [6, 6.07) is 7.20. The number of rotatable bonds is 5. The van der Waals surface area contributed by atoms with Gasteiger partial charge in [0.1, 0.15) is 6.54 Å². The Balaban J connectivity index is 1.57. The molecule has 1 aliphatic rings. The first-order chi connectivity index (χ1) is 12.0. The molecule has 1 aromatic carbocycles. The Labute approximate surface area is 151 Å². The molecule has 1 saturated heterocycles. The van der Waals surface area contributed by atoms with Gasteiger partial charge in [0.2, 0.25) is 11.8 Å². The Kier molecular flexibility index (Phi) is 5.38. The molecule has 0 radical (unpaired) electrons. The number of piperazine rings is 1. The van der Waals surface area contributed by atoms with Crippen LogP contribution in [-0.2, 0) is 16.0 Å². The van der Waals surface area contributed by atoms with Crippen molar-refractivity contribution in [3.8, 4) is 0 Å². The van der Waals surface area contributed by atoms with Crippen LogP contribution < -0.4 is 4.90 Å². The molecule has 2 heterocycles. The number of aryl methyl sites for hydroxylation is 1. The molecule has 6 nitrogen and oxygen atoms in total. The lowest BCUT2D eigenvalue weighted by Gasteiger charge is -2.39. The number of nitrogens with zero attached hydrogens (tertiary/aromatic N) is 3. The Morgan fingerprint density at radius 1 is 1.44 bits per heavy atom. The zero-order valence-electron chi connectivity index (χ0n) is 14.1. The molecule has 1 N–H and O–H groups in total. The topological polar surface area (TPSA) is 69.3 Å². The predicted octanol–water partition coefficient (Wildman–Crippen LogP) is 2.65. The lowest BCUT2D eigenvalue weighted by Crippen LogP contribution is -2.57. The van der Waals surface area contributed by atoms with Gasteiger partial charge >= 0.3 is 0 Å². The number of nitrogens with one attached hydrogen (secondary N) is 1. The normalized spacial score (nSPS) is 17.8. The van der Waals surface area contributed by atoms with Gasteiger partial charge in [-0.25, -0.2) is 0 Å². The van der Waals surface area contributed by atoms with Crippen LogP contribution in [0.5, 0.6) is 0 Å². The summed E-state index contributed by atoms with van der Waals surface area (Å²) in [6.07, 6.45) is 5.57. The van der Waals surface area contributed by atoms with Crippen molar-refractivity contribution in [1.29, 1.82) is 0 Å². The highest BCUT2D eigenvalue weighted by Crippen LogP contribution is 2.23. The van der Waals surface area contributed by atoms with E-state index >= 15 is 0 Å². The van der Waals surface area contributed by atoms with Gasteiger partial charge in [0.15, 0.2) is 0 Å². The van der Waals surface area contributed by atoms with Crippen molar-refractivity contribution in [3.63, 3.8) is 0 Å². The third-order valence-corrected chi connectivity index (χ3v) is 4.67. The summed E-state index contributed by atoms with van der Waals surface area (Å²) in [5.74, 6) is -0.0568. The molecule has 0 aliphatic carbocycles. The molecule has 1 fully saturated rings. The first-order valence-corrected chi connectivity index (χ1v) is 8.75. The second-order valence-electron chi connectivity index (χ2n) is 6.31. The maximum absolute atomic E-state index is 12.5. The molecule has 132 valence electrons. The molecular formula is C18H21ClN4O2. The Morgan fingerprint density at radius 3 is 3.00 bits per heavy atom. The molecule has 1 atom stereocenters. The number of anilines is 1. The number of hydrogen-bond donors (Lipinski definition) is 1. The molecule has 1 aromatic heterocycles. The third kappa shape index (κ3) is 4.20. The summed E-state index contributed by atoms with van der Waals surface area (Å²) < 4.78 is 0. The predicted molar refractivity (Wildman–Crippen MR) is 96.5 cm³/mol. The molecule has 2 aromatic rings. The largest absolute Gasteiger partial charge is 0.329 e. The average Bonchev–Trinajstić information content (AvgIpc) is 3.10. The van der Waals surface area contributed by atoms with Gasteiger partial charge in [-0.1, -0.05) is 17.7 Å². The van der Waals surface area contributed by atoms with Gasteiger partial charge in [-0.3, -0.25) is 14.7 Å². The van der Waals surface area contributed by atoms with Crippen LogP contribution in [0.1, 0.15) is 25.3 Å². The van der Waals surface area contributed by atoms with E-state index in [0.717, 1.165) is 24.1 Å².